The minimum atomic E-state index is -0.134. The summed E-state index contributed by atoms with van der Waals surface area (Å²) >= 11 is 3.37. The van der Waals surface area contributed by atoms with Crippen LogP contribution in [-0.2, 0) is 6.54 Å². The predicted molar refractivity (Wildman–Crippen MR) is 76.0 cm³/mol. The molecule has 0 bridgehead atoms. The normalized spacial score (nSPS) is 20.0. The zero-order chi connectivity index (χ0) is 12.8. The van der Waals surface area contributed by atoms with Crippen molar-refractivity contribution in [2.24, 2.45) is 5.92 Å². The molecule has 1 atom stereocenters. The molecule has 1 heterocycles. The van der Waals surface area contributed by atoms with Gasteiger partial charge in [-0.2, -0.15) is 0 Å². The van der Waals surface area contributed by atoms with Gasteiger partial charge in [-0.25, -0.2) is 4.39 Å². The van der Waals surface area contributed by atoms with Crippen molar-refractivity contribution < 1.29 is 4.39 Å². The highest BCUT2D eigenvalue weighted by atomic mass is 79.9. The standard InChI is InChI=1S/C14H20BrFN2/c15-13-3-4-14(16)12(8-13)10-18-7-5-11-2-1-6-17-9-11/h3-4,8,11,17-18H,1-2,5-7,9-10H2. The second kappa shape index (κ2) is 7.22. The molecule has 1 aliphatic heterocycles. The summed E-state index contributed by atoms with van der Waals surface area (Å²) in [6.45, 7) is 3.85. The fourth-order valence-electron chi connectivity index (χ4n) is 2.38. The van der Waals surface area contributed by atoms with Crippen molar-refractivity contribution in [3.05, 3.63) is 34.1 Å². The molecular formula is C14H20BrFN2. The second-order valence-corrected chi connectivity index (χ2v) is 5.83. The molecule has 1 fully saturated rings. The molecule has 1 aromatic rings. The first-order chi connectivity index (χ1) is 8.75. The summed E-state index contributed by atoms with van der Waals surface area (Å²) in [5, 5.41) is 6.74. The average molecular weight is 315 g/mol. The van der Waals surface area contributed by atoms with Crippen molar-refractivity contribution in [2.45, 2.75) is 25.8 Å². The van der Waals surface area contributed by atoms with Crippen LogP contribution in [0.4, 0.5) is 4.39 Å². The van der Waals surface area contributed by atoms with E-state index in [1.165, 1.54) is 25.3 Å². The smallest absolute Gasteiger partial charge is 0.127 e. The quantitative estimate of drug-likeness (QED) is 0.816. The highest BCUT2D eigenvalue weighted by Gasteiger charge is 2.12. The van der Waals surface area contributed by atoms with Gasteiger partial charge in [-0.3, -0.25) is 0 Å². The van der Waals surface area contributed by atoms with Crippen LogP contribution in [0.1, 0.15) is 24.8 Å². The van der Waals surface area contributed by atoms with Gasteiger partial charge in [-0.1, -0.05) is 15.9 Å². The first kappa shape index (κ1) is 14.0. The van der Waals surface area contributed by atoms with Crippen LogP contribution in [0.25, 0.3) is 0 Å². The summed E-state index contributed by atoms with van der Waals surface area (Å²) < 4.78 is 14.4. The van der Waals surface area contributed by atoms with Gasteiger partial charge >= 0.3 is 0 Å². The van der Waals surface area contributed by atoms with E-state index in [0.29, 0.717) is 6.54 Å². The molecule has 100 valence electrons. The monoisotopic (exact) mass is 314 g/mol. The Kier molecular flexibility index (Phi) is 5.60. The van der Waals surface area contributed by atoms with Crippen LogP contribution in [0.5, 0.6) is 0 Å². The summed E-state index contributed by atoms with van der Waals surface area (Å²) in [6, 6.07) is 5.07. The molecule has 18 heavy (non-hydrogen) atoms. The van der Waals surface area contributed by atoms with Gasteiger partial charge in [-0.15, -0.1) is 0 Å². The molecule has 1 saturated heterocycles. The van der Waals surface area contributed by atoms with Crippen molar-refractivity contribution in [1.82, 2.24) is 10.6 Å². The first-order valence-electron chi connectivity index (χ1n) is 6.61. The SMILES string of the molecule is Fc1ccc(Br)cc1CNCCC1CCCNC1. The van der Waals surface area contributed by atoms with E-state index in [1.54, 1.807) is 6.07 Å². The highest BCUT2D eigenvalue weighted by molar-refractivity contribution is 9.10. The molecule has 0 aliphatic carbocycles. The Bertz CT molecular complexity index is 378. The van der Waals surface area contributed by atoms with Crippen molar-refractivity contribution in [3.63, 3.8) is 0 Å². The van der Waals surface area contributed by atoms with Gasteiger partial charge in [0, 0.05) is 16.6 Å². The molecule has 0 saturated carbocycles. The summed E-state index contributed by atoms with van der Waals surface area (Å²) in [7, 11) is 0. The first-order valence-corrected chi connectivity index (χ1v) is 7.40. The van der Waals surface area contributed by atoms with E-state index in [9.17, 15) is 4.39 Å². The summed E-state index contributed by atoms with van der Waals surface area (Å²) in [5.41, 5.74) is 0.728. The van der Waals surface area contributed by atoms with E-state index in [2.05, 4.69) is 26.6 Å². The van der Waals surface area contributed by atoms with Crippen molar-refractivity contribution >= 4 is 15.9 Å². The van der Waals surface area contributed by atoms with Gasteiger partial charge < -0.3 is 10.6 Å². The van der Waals surface area contributed by atoms with E-state index in [1.807, 2.05) is 6.07 Å². The summed E-state index contributed by atoms with van der Waals surface area (Å²) in [5.74, 6) is 0.642. The molecule has 0 amide bonds. The Morgan fingerprint density at radius 1 is 1.44 bits per heavy atom. The molecule has 2 rings (SSSR count). The van der Waals surface area contributed by atoms with E-state index in [4.69, 9.17) is 0 Å². The van der Waals surface area contributed by atoms with Crippen LogP contribution >= 0.6 is 15.9 Å². The van der Waals surface area contributed by atoms with Gasteiger partial charge in [0.05, 0.1) is 0 Å². The summed E-state index contributed by atoms with van der Waals surface area (Å²) in [6.07, 6.45) is 3.77. The number of nitrogens with one attached hydrogen (secondary N) is 2. The Balaban J connectivity index is 1.69. The number of hydrogen-bond acceptors (Lipinski definition) is 2. The largest absolute Gasteiger partial charge is 0.316 e. The molecule has 1 unspecified atom stereocenters. The van der Waals surface area contributed by atoms with Crippen molar-refractivity contribution in [2.75, 3.05) is 19.6 Å². The van der Waals surface area contributed by atoms with E-state index < -0.39 is 0 Å². The lowest BCUT2D eigenvalue weighted by atomic mass is 9.96. The van der Waals surface area contributed by atoms with Gasteiger partial charge in [-0.05, 0) is 63.0 Å². The number of rotatable bonds is 5. The number of piperidine rings is 1. The zero-order valence-corrected chi connectivity index (χ0v) is 12.1. The summed E-state index contributed by atoms with van der Waals surface area (Å²) in [4.78, 5) is 0. The molecule has 4 heteroatoms. The van der Waals surface area contributed by atoms with Crippen LogP contribution in [0, 0.1) is 11.7 Å². The average Bonchev–Trinajstić information content (AvgIpc) is 2.40. The van der Waals surface area contributed by atoms with Crippen molar-refractivity contribution in [3.8, 4) is 0 Å². The fourth-order valence-corrected chi connectivity index (χ4v) is 2.79. The maximum Gasteiger partial charge on any atom is 0.127 e. The van der Waals surface area contributed by atoms with Crippen LogP contribution in [0.15, 0.2) is 22.7 Å². The zero-order valence-electron chi connectivity index (χ0n) is 10.5. The van der Waals surface area contributed by atoms with Crippen LogP contribution < -0.4 is 10.6 Å². The van der Waals surface area contributed by atoms with Crippen LogP contribution in [0.2, 0.25) is 0 Å². The second-order valence-electron chi connectivity index (χ2n) is 4.91. The van der Waals surface area contributed by atoms with E-state index >= 15 is 0 Å². The lowest BCUT2D eigenvalue weighted by Gasteiger charge is -2.22. The third-order valence-corrected chi connectivity index (χ3v) is 3.94. The molecular weight excluding hydrogens is 295 g/mol. The number of benzene rings is 1. The maximum atomic E-state index is 13.5. The Morgan fingerprint density at radius 3 is 3.11 bits per heavy atom. The van der Waals surface area contributed by atoms with Crippen molar-refractivity contribution in [1.29, 1.82) is 0 Å². The number of halogens is 2. The predicted octanol–water partition coefficient (Wildman–Crippen LogP) is 3.07. The van der Waals surface area contributed by atoms with Gasteiger partial charge in [0.25, 0.3) is 0 Å². The Hall–Kier alpha value is -0.450. The van der Waals surface area contributed by atoms with E-state index in [0.717, 1.165) is 35.6 Å². The third kappa shape index (κ3) is 4.34. The minimum absolute atomic E-state index is 0.134. The maximum absolute atomic E-state index is 13.5. The van der Waals surface area contributed by atoms with Gasteiger partial charge in [0.2, 0.25) is 0 Å². The molecule has 0 spiro atoms. The fraction of sp³-hybridized carbons (Fsp3) is 0.571. The van der Waals surface area contributed by atoms with Gasteiger partial charge in [0.1, 0.15) is 5.82 Å². The molecule has 2 N–H and O–H groups in total. The lowest BCUT2D eigenvalue weighted by Crippen LogP contribution is -2.31. The molecule has 1 aliphatic rings. The van der Waals surface area contributed by atoms with Crippen LogP contribution in [0.3, 0.4) is 0 Å². The molecule has 1 aromatic carbocycles. The highest BCUT2D eigenvalue weighted by Crippen LogP contribution is 2.16. The molecule has 0 aromatic heterocycles. The topological polar surface area (TPSA) is 24.1 Å². The third-order valence-electron chi connectivity index (χ3n) is 3.45. The molecule has 2 nitrogen and oxygen atoms in total. The van der Waals surface area contributed by atoms with E-state index in [-0.39, 0.29) is 5.82 Å². The number of hydrogen-bond donors (Lipinski definition) is 2. The molecule has 0 radical (unpaired) electrons. The minimum Gasteiger partial charge on any atom is -0.316 e. The Morgan fingerprint density at radius 2 is 2.33 bits per heavy atom. The Labute approximate surface area is 116 Å². The lowest BCUT2D eigenvalue weighted by molar-refractivity contribution is 0.351. The van der Waals surface area contributed by atoms with Gasteiger partial charge in [0.15, 0.2) is 0 Å². The van der Waals surface area contributed by atoms with Crippen LogP contribution in [-0.4, -0.2) is 19.6 Å².